The molecule has 1 heterocycles. The van der Waals surface area contributed by atoms with E-state index in [9.17, 15) is 0 Å². The third-order valence-corrected chi connectivity index (χ3v) is 3.38. The second-order valence-corrected chi connectivity index (χ2v) is 5.36. The van der Waals surface area contributed by atoms with Crippen molar-refractivity contribution in [2.45, 2.75) is 33.2 Å². The highest BCUT2D eigenvalue weighted by atomic mass is 15.2. The summed E-state index contributed by atoms with van der Waals surface area (Å²) in [6, 6.07) is 10.6. The molecule has 3 N–H and O–H groups in total. The number of amidine groups is 1. The molecule has 20 heavy (non-hydrogen) atoms. The van der Waals surface area contributed by atoms with E-state index in [4.69, 9.17) is 11.1 Å². The number of fused-ring (bicyclic) bond motifs is 1. The second-order valence-electron chi connectivity index (χ2n) is 5.36. The summed E-state index contributed by atoms with van der Waals surface area (Å²) in [6.07, 6.45) is 0.577. The monoisotopic (exact) mass is 270 g/mol. The first kappa shape index (κ1) is 14.3. The Labute approximate surface area is 120 Å². The van der Waals surface area contributed by atoms with Gasteiger partial charge in [-0.3, -0.25) is 10.4 Å². The molecular weight excluding hydrogens is 248 g/mol. The molecule has 2 aromatic rings. The molecule has 2 rings (SSSR count). The first-order valence-corrected chi connectivity index (χ1v) is 6.95. The maximum absolute atomic E-state index is 7.44. The van der Waals surface area contributed by atoms with E-state index in [2.05, 4.69) is 35.9 Å². The number of benzene rings is 1. The average molecular weight is 270 g/mol. The molecule has 1 aromatic heterocycles. The fourth-order valence-corrected chi connectivity index (χ4v) is 2.42. The number of nitrogens with two attached hydrogens (primary N) is 1. The van der Waals surface area contributed by atoms with E-state index in [1.54, 1.807) is 0 Å². The van der Waals surface area contributed by atoms with Crippen LogP contribution in [-0.2, 0) is 0 Å². The molecule has 0 amide bonds. The van der Waals surface area contributed by atoms with Gasteiger partial charge in [-0.15, -0.1) is 0 Å². The van der Waals surface area contributed by atoms with Crippen LogP contribution in [0.5, 0.6) is 0 Å². The van der Waals surface area contributed by atoms with Crippen LogP contribution in [0.1, 0.15) is 26.0 Å². The molecule has 0 saturated carbocycles. The van der Waals surface area contributed by atoms with E-state index in [1.165, 1.54) is 5.69 Å². The van der Waals surface area contributed by atoms with Gasteiger partial charge in [0.05, 0.1) is 11.4 Å². The van der Waals surface area contributed by atoms with Gasteiger partial charge >= 0.3 is 0 Å². The molecule has 106 valence electrons. The number of aryl methyl sites for hydroxylation is 1. The van der Waals surface area contributed by atoms with Crippen molar-refractivity contribution in [1.82, 2.24) is 4.98 Å². The molecule has 0 fully saturated rings. The fourth-order valence-electron chi connectivity index (χ4n) is 2.42. The average Bonchev–Trinajstić information content (AvgIpc) is 2.37. The zero-order valence-corrected chi connectivity index (χ0v) is 12.4. The third kappa shape index (κ3) is 3.07. The SMILES string of the molecule is Cc1cc(N(CCC(=N)N)C(C)C)c2ccccc2n1. The summed E-state index contributed by atoms with van der Waals surface area (Å²) in [5.74, 6) is 0.228. The predicted molar refractivity (Wildman–Crippen MR) is 85.5 cm³/mol. The van der Waals surface area contributed by atoms with Gasteiger partial charge in [0.25, 0.3) is 0 Å². The molecule has 0 aliphatic heterocycles. The van der Waals surface area contributed by atoms with Crippen molar-refractivity contribution in [3.05, 3.63) is 36.0 Å². The zero-order chi connectivity index (χ0) is 14.7. The molecule has 0 atom stereocenters. The number of para-hydroxylation sites is 1. The molecule has 4 heteroatoms. The topological polar surface area (TPSA) is 66.0 Å². The predicted octanol–water partition coefficient (Wildman–Crippen LogP) is 3.08. The molecule has 4 nitrogen and oxygen atoms in total. The normalized spacial score (nSPS) is 11.0. The molecule has 0 aliphatic rings. The molecule has 0 bridgehead atoms. The minimum atomic E-state index is 0.228. The number of anilines is 1. The van der Waals surface area contributed by atoms with E-state index in [-0.39, 0.29) is 5.84 Å². The van der Waals surface area contributed by atoms with E-state index >= 15 is 0 Å². The van der Waals surface area contributed by atoms with Crippen molar-refractivity contribution in [2.75, 3.05) is 11.4 Å². The lowest BCUT2D eigenvalue weighted by Crippen LogP contribution is -2.34. The van der Waals surface area contributed by atoms with E-state index < -0.39 is 0 Å². The molecule has 0 radical (unpaired) electrons. The minimum absolute atomic E-state index is 0.228. The Bertz CT molecular complexity index is 619. The van der Waals surface area contributed by atoms with Gasteiger partial charge in [-0.05, 0) is 32.9 Å². The van der Waals surface area contributed by atoms with E-state index in [1.807, 2.05) is 25.1 Å². The third-order valence-electron chi connectivity index (χ3n) is 3.38. The summed E-state index contributed by atoms with van der Waals surface area (Å²) in [7, 11) is 0. The van der Waals surface area contributed by atoms with Crippen molar-refractivity contribution in [3.8, 4) is 0 Å². The lowest BCUT2D eigenvalue weighted by molar-refractivity contribution is 0.691. The van der Waals surface area contributed by atoms with Crippen LogP contribution in [-0.4, -0.2) is 23.4 Å². The van der Waals surface area contributed by atoms with Crippen LogP contribution in [0.25, 0.3) is 10.9 Å². The van der Waals surface area contributed by atoms with Crippen molar-refractivity contribution in [3.63, 3.8) is 0 Å². The molecule has 0 unspecified atom stereocenters. The fraction of sp³-hybridized carbons (Fsp3) is 0.375. The highest BCUT2D eigenvalue weighted by Crippen LogP contribution is 2.28. The number of hydrogen-bond acceptors (Lipinski definition) is 3. The van der Waals surface area contributed by atoms with Crippen molar-refractivity contribution >= 4 is 22.4 Å². The first-order valence-electron chi connectivity index (χ1n) is 6.95. The number of nitrogens with zero attached hydrogens (tertiary/aromatic N) is 2. The van der Waals surface area contributed by atoms with Gasteiger partial charge in [0.15, 0.2) is 0 Å². The number of rotatable bonds is 5. The van der Waals surface area contributed by atoms with Gasteiger partial charge in [-0.25, -0.2) is 0 Å². The van der Waals surface area contributed by atoms with Crippen LogP contribution in [0.4, 0.5) is 5.69 Å². The Morgan fingerprint density at radius 2 is 2.05 bits per heavy atom. The summed E-state index contributed by atoms with van der Waals surface area (Å²) < 4.78 is 0. The Morgan fingerprint density at radius 3 is 2.70 bits per heavy atom. The Morgan fingerprint density at radius 1 is 1.35 bits per heavy atom. The van der Waals surface area contributed by atoms with Gasteiger partial charge in [0, 0.05) is 35.8 Å². The van der Waals surface area contributed by atoms with Gasteiger partial charge < -0.3 is 10.6 Å². The zero-order valence-electron chi connectivity index (χ0n) is 12.4. The number of aromatic nitrogens is 1. The van der Waals surface area contributed by atoms with Crippen LogP contribution in [0.2, 0.25) is 0 Å². The van der Waals surface area contributed by atoms with E-state index in [0.29, 0.717) is 12.5 Å². The quantitative estimate of drug-likeness (QED) is 0.648. The smallest absolute Gasteiger partial charge is 0.0923 e. The molecular formula is C16H22N4. The Balaban J connectivity index is 2.49. The van der Waals surface area contributed by atoms with Crippen LogP contribution in [0, 0.1) is 12.3 Å². The molecule has 0 saturated heterocycles. The van der Waals surface area contributed by atoms with Gasteiger partial charge in [0.1, 0.15) is 0 Å². The summed E-state index contributed by atoms with van der Waals surface area (Å²) in [5.41, 5.74) is 8.69. The van der Waals surface area contributed by atoms with Gasteiger partial charge in [-0.2, -0.15) is 0 Å². The largest absolute Gasteiger partial charge is 0.388 e. The van der Waals surface area contributed by atoms with E-state index in [0.717, 1.165) is 23.1 Å². The molecule has 1 aromatic carbocycles. The van der Waals surface area contributed by atoms with Crippen LogP contribution in [0.15, 0.2) is 30.3 Å². The van der Waals surface area contributed by atoms with Crippen LogP contribution < -0.4 is 10.6 Å². The number of hydrogen-bond donors (Lipinski definition) is 2. The molecule has 0 aliphatic carbocycles. The Kier molecular flexibility index (Phi) is 4.23. The highest BCUT2D eigenvalue weighted by molar-refractivity contribution is 5.92. The summed E-state index contributed by atoms with van der Waals surface area (Å²) in [5, 5.41) is 8.58. The van der Waals surface area contributed by atoms with Gasteiger partial charge in [0.2, 0.25) is 0 Å². The summed E-state index contributed by atoms with van der Waals surface area (Å²) >= 11 is 0. The van der Waals surface area contributed by atoms with Crippen LogP contribution in [0.3, 0.4) is 0 Å². The number of nitrogens with one attached hydrogen (secondary N) is 1. The Hall–Kier alpha value is -2.10. The summed E-state index contributed by atoms with van der Waals surface area (Å²) in [4.78, 5) is 6.87. The van der Waals surface area contributed by atoms with Crippen LogP contribution >= 0.6 is 0 Å². The summed E-state index contributed by atoms with van der Waals surface area (Å²) in [6.45, 7) is 7.08. The van der Waals surface area contributed by atoms with Crippen molar-refractivity contribution in [2.24, 2.45) is 5.73 Å². The van der Waals surface area contributed by atoms with Crippen molar-refractivity contribution in [1.29, 1.82) is 5.41 Å². The highest BCUT2D eigenvalue weighted by Gasteiger charge is 2.14. The number of pyridine rings is 1. The minimum Gasteiger partial charge on any atom is -0.388 e. The lowest BCUT2D eigenvalue weighted by Gasteiger charge is -2.30. The standard InChI is InChI=1S/C16H22N4/c1-11(2)20(9-8-16(17)18)15-10-12(3)19-14-7-5-4-6-13(14)15/h4-7,10-11H,8-9H2,1-3H3,(H3,17,18). The van der Waals surface area contributed by atoms with Gasteiger partial charge in [-0.1, -0.05) is 18.2 Å². The maximum atomic E-state index is 7.44. The first-order chi connectivity index (χ1) is 9.49. The van der Waals surface area contributed by atoms with Crippen molar-refractivity contribution < 1.29 is 0 Å². The second kappa shape index (κ2) is 5.90. The molecule has 0 spiro atoms. The lowest BCUT2D eigenvalue weighted by atomic mass is 10.1. The maximum Gasteiger partial charge on any atom is 0.0923 e.